The molecule has 4 rings (SSSR count). The zero-order valence-corrected chi connectivity index (χ0v) is 19.2. The molecule has 0 aliphatic carbocycles. The first-order valence-corrected chi connectivity index (χ1v) is 11.8. The summed E-state index contributed by atoms with van der Waals surface area (Å²) in [5.41, 5.74) is 3.92. The Labute approximate surface area is 195 Å². The van der Waals surface area contributed by atoms with Gasteiger partial charge in [0.15, 0.2) is 5.54 Å². The van der Waals surface area contributed by atoms with Crippen LogP contribution in [0.15, 0.2) is 59.6 Å². The van der Waals surface area contributed by atoms with Crippen LogP contribution in [0.3, 0.4) is 0 Å². The van der Waals surface area contributed by atoms with E-state index in [4.69, 9.17) is 19.6 Å². The molecule has 176 valence electrons. The SMILES string of the molecule is C[C@@H]1OC(c2ccc(OCCCO)cc2)=N[C@]1(Cc1ccccc1)C(=O)NN1CCCCC1. The van der Waals surface area contributed by atoms with Crippen LogP contribution >= 0.6 is 0 Å². The Morgan fingerprint density at radius 2 is 1.88 bits per heavy atom. The van der Waals surface area contributed by atoms with Crippen LogP contribution in [0, 0.1) is 0 Å². The zero-order chi connectivity index (χ0) is 23.1. The van der Waals surface area contributed by atoms with Gasteiger partial charge < -0.3 is 14.6 Å². The van der Waals surface area contributed by atoms with Crippen LogP contribution in [-0.2, 0) is 16.0 Å². The van der Waals surface area contributed by atoms with Crippen molar-refractivity contribution < 1.29 is 19.4 Å². The van der Waals surface area contributed by atoms with Crippen LogP contribution in [0.4, 0.5) is 0 Å². The number of piperidine rings is 1. The number of aliphatic hydroxyl groups is 1. The van der Waals surface area contributed by atoms with Crippen molar-refractivity contribution in [2.75, 3.05) is 26.3 Å². The molecule has 0 unspecified atom stereocenters. The molecule has 2 aromatic carbocycles. The Balaban J connectivity index is 1.58. The van der Waals surface area contributed by atoms with Gasteiger partial charge in [0.2, 0.25) is 5.90 Å². The molecule has 2 aliphatic heterocycles. The molecule has 33 heavy (non-hydrogen) atoms. The molecular formula is C26H33N3O4. The van der Waals surface area contributed by atoms with Crippen LogP contribution in [0.25, 0.3) is 0 Å². The average molecular weight is 452 g/mol. The van der Waals surface area contributed by atoms with Gasteiger partial charge >= 0.3 is 0 Å². The Morgan fingerprint density at radius 1 is 1.15 bits per heavy atom. The first kappa shape index (κ1) is 23.3. The first-order chi connectivity index (χ1) is 16.1. The number of carbonyl (C=O) groups is 1. The number of aliphatic hydroxyl groups excluding tert-OH is 1. The molecule has 2 aromatic rings. The lowest BCUT2D eigenvalue weighted by Gasteiger charge is -2.33. The number of hydrazine groups is 1. The summed E-state index contributed by atoms with van der Waals surface area (Å²) in [5, 5.41) is 10.9. The van der Waals surface area contributed by atoms with Crippen molar-refractivity contribution in [3.05, 3.63) is 65.7 Å². The van der Waals surface area contributed by atoms with Gasteiger partial charge in [0.1, 0.15) is 11.9 Å². The van der Waals surface area contributed by atoms with E-state index in [-0.39, 0.29) is 12.5 Å². The number of aliphatic imine (C=N–C) groups is 1. The highest BCUT2D eigenvalue weighted by Crippen LogP contribution is 2.33. The minimum absolute atomic E-state index is 0.101. The number of amides is 1. The van der Waals surface area contributed by atoms with E-state index in [1.54, 1.807) is 0 Å². The van der Waals surface area contributed by atoms with E-state index in [2.05, 4.69) is 5.43 Å². The predicted octanol–water partition coefficient (Wildman–Crippen LogP) is 3.11. The number of hydrogen-bond donors (Lipinski definition) is 2. The maximum Gasteiger partial charge on any atom is 0.266 e. The van der Waals surface area contributed by atoms with Crippen LogP contribution in [0.5, 0.6) is 5.75 Å². The second-order valence-corrected chi connectivity index (χ2v) is 8.70. The standard InChI is InChI=1S/C26H33N3O4/c1-20-26(19-21-9-4-2-5-10-21,25(31)28-29-15-6-3-7-16-29)27-24(33-20)22-11-13-23(14-12-22)32-18-8-17-30/h2,4-5,9-14,20,30H,3,6-8,15-19H2,1H3,(H,28,31)/t20-,26-/m0/s1. The summed E-state index contributed by atoms with van der Waals surface area (Å²) in [4.78, 5) is 18.6. The summed E-state index contributed by atoms with van der Waals surface area (Å²) in [7, 11) is 0. The Hall–Kier alpha value is -2.90. The van der Waals surface area contributed by atoms with Crippen molar-refractivity contribution in [1.29, 1.82) is 0 Å². The third-order valence-electron chi connectivity index (χ3n) is 6.26. The number of rotatable bonds is 9. The Kier molecular flexibility index (Phi) is 7.62. The molecular weight excluding hydrogens is 418 g/mol. The average Bonchev–Trinajstić information content (AvgIpc) is 3.18. The molecule has 0 spiro atoms. The molecule has 1 amide bonds. The van der Waals surface area contributed by atoms with E-state index in [9.17, 15) is 4.79 Å². The van der Waals surface area contributed by atoms with Crippen molar-refractivity contribution in [3.63, 3.8) is 0 Å². The molecule has 0 bridgehead atoms. The quantitative estimate of drug-likeness (QED) is 0.573. The monoisotopic (exact) mass is 451 g/mol. The topological polar surface area (TPSA) is 83.4 Å². The molecule has 2 N–H and O–H groups in total. The molecule has 7 heteroatoms. The van der Waals surface area contributed by atoms with Crippen molar-refractivity contribution in [1.82, 2.24) is 10.4 Å². The van der Waals surface area contributed by atoms with Crippen LogP contribution in [0.1, 0.15) is 43.7 Å². The molecule has 1 saturated heterocycles. The van der Waals surface area contributed by atoms with E-state index >= 15 is 0 Å². The summed E-state index contributed by atoms with van der Waals surface area (Å²) >= 11 is 0. The van der Waals surface area contributed by atoms with Crippen LogP contribution in [-0.4, -0.2) is 59.9 Å². The maximum atomic E-state index is 13.6. The molecule has 2 heterocycles. The Bertz CT molecular complexity index is 942. The maximum absolute atomic E-state index is 13.6. The van der Waals surface area contributed by atoms with Crippen molar-refractivity contribution in [2.24, 2.45) is 4.99 Å². The van der Waals surface area contributed by atoms with Crippen molar-refractivity contribution in [2.45, 2.75) is 50.7 Å². The van der Waals surface area contributed by atoms with Crippen molar-refractivity contribution >= 4 is 11.8 Å². The van der Waals surface area contributed by atoms with E-state index < -0.39 is 11.6 Å². The lowest BCUT2D eigenvalue weighted by molar-refractivity contribution is -0.134. The summed E-state index contributed by atoms with van der Waals surface area (Å²) in [6.45, 7) is 4.19. The van der Waals surface area contributed by atoms with E-state index in [1.165, 1.54) is 6.42 Å². The number of benzene rings is 2. The van der Waals surface area contributed by atoms with Gasteiger partial charge in [-0.25, -0.2) is 10.0 Å². The van der Waals surface area contributed by atoms with Crippen LogP contribution in [0.2, 0.25) is 0 Å². The first-order valence-electron chi connectivity index (χ1n) is 11.8. The minimum atomic E-state index is -1.05. The molecule has 2 aliphatic rings. The van der Waals surface area contributed by atoms with Gasteiger partial charge in [-0.15, -0.1) is 0 Å². The highest BCUT2D eigenvalue weighted by atomic mass is 16.5. The Morgan fingerprint density at radius 3 is 2.58 bits per heavy atom. The fourth-order valence-electron chi connectivity index (χ4n) is 4.30. The lowest BCUT2D eigenvalue weighted by Crippen LogP contribution is -2.57. The van der Waals surface area contributed by atoms with Gasteiger partial charge in [-0.1, -0.05) is 36.8 Å². The van der Waals surface area contributed by atoms with E-state index in [0.29, 0.717) is 25.3 Å². The molecule has 7 nitrogen and oxygen atoms in total. The normalized spacial score (nSPS) is 23.0. The van der Waals surface area contributed by atoms with Crippen LogP contribution < -0.4 is 10.2 Å². The predicted molar refractivity (Wildman–Crippen MR) is 127 cm³/mol. The van der Waals surface area contributed by atoms with E-state index in [0.717, 1.165) is 42.8 Å². The highest BCUT2D eigenvalue weighted by molar-refractivity contribution is 6.00. The third-order valence-corrected chi connectivity index (χ3v) is 6.26. The lowest BCUT2D eigenvalue weighted by atomic mass is 9.86. The number of nitrogens with one attached hydrogen (secondary N) is 1. The molecule has 0 saturated carbocycles. The third kappa shape index (κ3) is 5.54. The number of ether oxygens (including phenoxy) is 2. The minimum Gasteiger partial charge on any atom is -0.494 e. The number of nitrogens with zero attached hydrogens (tertiary/aromatic N) is 2. The van der Waals surface area contributed by atoms with Gasteiger partial charge in [0, 0.05) is 38.1 Å². The second-order valence-electron chi connectivity index (χ2n) is 8.70. The highest BCUT2D eigenvalue weighted by Gasteiger charge is 2.50. The largest absolute Gasteiger partial charge is 0.494 e. The second kappa shape index (κ2) is 10.8. The fourth-order valence-corrected chi connectivity index (χ4v) is 4.30. The van der Waals surface area contributed by atoms with Gasteiger partial charge in [0.05, 0.1) is 6.61 Å². The van der Waals surface area contributed by atoms with Gasteiger partial charge in [-0.2, -0.15) is 0 Å². The smallest absolute Gasteiger partial charge is 0.266 e. The summed E-state index contributed by atoms with van der Waals surface area (Å²) in [6, 6.07) is 17.5. The summed E-state index contributed by atoms with van der Waals surface area (Å²) in [6.07, 6.45) is 3.99. The van der Waals surface area contributed by atoms with Gasteiger partial charge in [0.25, 0.3) is 5.91 Å². The van der Waals surface area contributed by atoms with E-state index in [1.807, 2.05) is 66.5 Å². The fraction of sp³-hybridized carbons (Fsp3) is 0.462. The molecule has 0 aromatic heterocycles. The van der Waals surface area contributed by atoms with Crippen molar-refractivity contribution in [3.8, 4) is 5.75 Å². The van der Waals surface area contributed by atoms with Gasteiger partial charge in [-0.05, 0) is 49.6 Å². The molecule has 0 radical (unpaired) electrons. The molecule has 2 atom stereocenters. The number of hydrogen-bond acceptors (Lipinski definition) is 6. The van der Waals surface area contributed by atoms with Gasteiger partial charge in [-0.3, -0.25) is 10.2 Å². The summed E-state index contributed by atoms with van der Waals surface area (Å²) in [5.74, 6) is 1.06. The zero-order valence-electron chi connectivity index (χ0n) is 19.2. The summed E-state index contributed by atoms with van der Waals surface area (Å²) < 4.78 is 11.8. The number of carbonyl (C=O) groups excluding carboxylic acids is 1. The molecule has 1 fully saturated rings.